The second-order valence-electron chi connectivity index (χ2n) is 13.4. The summed E-state index contributed by atoms with van der Waals surface area (Å²) >= 11 is 0. The van der Waals surface area contributed by atoms with E-state index < -0.39 is 0 Å². The van der Waals surface area contributed by atoms with E-state index in [9.17, 15) is 0 Å². The van der Waals surface area contributed by atoms with E-state index in [4.69, 9.17) is 15.0 Å². The lowest BCUT2D eigenvalue weighted by molar-refractivity contribution is 1.01. The van der Waals surface area contributed by atoms with E-state index in [2.05, 4.69) is 151 Å². The normalized spacial score (nSPS) is 13.3. The summed E-state index contributed by atoms with van der Waals surface area (Å²) in [5, 5.41) is 1.18. The van der Waals surface area contributed by atoms with Crippen LogP contribution in [0, 0.1) is 6.92 Å². The second kappa shape index (κ2) is 13.4. The molecule has 7 aromatic rings. The Hall–Kier alpha value is -6.85. The Morgan fingerprint density at radius 1 is 0.660 bits per heavy atom. The molecule has 1 aliphatic heterocycles. The lowest BCUT2D eigenvalue weighted by atomic mass is 10.0. The maximum Gasteiger partial charge on any atom is 0.164 e. The van der Waals surface area contributed by atoms with Gasteiger partial charge in [0.05, 0.1) is 16.9 Å². The third-order valence-electron chi connectivity index (χ3n) is 10.0. The predicted octanol–water partition coefficient (Wildman–Crippen LogP) is 12.2. The summed E-state index contributed by atoms with van der Waals surface area (Å²) in [4.78, 5) is 17.1. The number of para-hydroxylation sites is 1. The van der Waals surface area contributed by atoms with Crippen LogP contribution in [-0.4, -0.2) is 19.5 Å². The molecule has 1 aliphatic carbocycles. The molecule has 2 aromatic heterocycles. The highest BCUT2D eigenvalue weighted by Gasteiger charge is 2.24. The van der Waals surface area contributed by atoms with E-state index in [1.54, 1.807) is 0 Å². The van der Waals surface area contributed by atoms with Gasteiger partial charge < -0.3 is 9.47 Å². The van der Waals surface area contributed by atoms with Crippen LogP contribution in [0.2, 0.25) is 0 Å². The number of allylic oxidation sites excluding steroid dienone is 5. The van der Waals surface area contributed by atoms with Gasteiger partial charge in [-0.25, -0.2) is 15.0 Å². The summed E-state index contributed by atoms with van der Waals surface area (Å²) in [7, 11) is 0. The zero-order chi connectivity index (χ0) is 35.9. The Balaban J connectivity index is 1.13. The predicted molar refractivity (Wildman–Crippen MR) is 221 cm³/mol. The summed E-state index contributed by atoms with van der Waals surface area (Å²) in [5.74, 6) is 2.01. The number of aromatic nitrogens is 4. The molecule has 0 fully saturated rings. The molecule has 0 bridgehead atoms. The number of nitrogens with zero attached hydrogens (tertiary/aromatic N) is 5. The SMILES string of the molecule is C=CC(=C)N1c2ccccc2C=Cc2ccc3c(c(C)cn3-c3cccc(-c4cccc(-c5nc(C6=CCCC=C6)nc(-c6ccccc6)n5)c4)c3)c21. The van der Waals surface area contributed by atoms with Gasteiger partial charge in [0, 0.05) is 39.7 Å². The molecule has 0 saturated carbocycles. The van der Waals surface area contributed by atoms with Crippen LogP contribution in [0.4, 0.5) is 11.4 Å². The van der Waals surface area contributed by atoms with E-state index in [-0.39, 0.29) is 0 Å². The van der Waals surface area contributed by atoms with E-state index in [0.29, 0.717) is 17.5 Å². The van der Waals surface area contributed by atoms with Gasteiger partial charge in [0.2, 0.25) is 0 Å². The van der Waals surface area contributed by atoms with Crippen molar-refractivity contribution in [1.82, 2.24) is 19.5 Å². The van der Waals surface area contributed by atoms with Gasteiger partial charge in [-0.2, -0.15) is 0 Å². The van der Waals surface area contributed by atoms with Gasteiger partial charge in [-0.05, 0) is 84.0 Å². The molecule has 5 aromatic carbocycles. The van der Waals surface area contributed by atoms with E-state index in [0.717, 1.165) is 80.1 Å². The average Bonchev–Trinajstić information content (AvgIpc) is 3.47. The molecule has 3 heterocycles. The number of fused-ring (bicyclic) bond motifs is 4. The Morgan fingerprint density at radius 3 is 2.17 bits per heavy atom. The molecule has 0 N–H and O–H groups in total. The maximum atomic E-state index is 5.00. The van der Waals surface area contributed by atoms with Crippen molar-refractivity contribution >= 4 is 40.0 Å². The smallest absolute Gasteiger partial charge is 0.164 e. The minimum absolute atomic E-state index is 0.653. The molecule has 9 rings (SSSR count). The quantitative estimate of drug-likeness (QED) is 0.157. The molecule has 0 radical (unpaired) electrons. The maximum absolute atomic E-state index is 5.00. The van der Waals surface area contributed by atoms with E-state index >= 15 is 0 Å². The second-order valence-corrected chi connectivity index (χ2v) is 13.4. The van der Waals surface area contributed by atoms with Gasteiger partial charge in [-0.3, -0.25) is 0 Å². The fourth-order valence-corrected chi connectivity index (χ4v) is 7.43. The molecule has 0 spiro atoms. The molecule has 0 amide bonds. The summed E-state index contributed by atoms with van der Waals surface area (Å²) < 4.78 is 2.30. The third-order valence-corrected chi connectivity index (χ3v) is 10.0. The fraction of sp³-hybridized carbons (Fsp3) is 0.0625. The summed E-state index contributed by atoms with van der Waals surface area (Å²) in [6.45, 7) is 10.7. The number of aryl methyl sites for hydroxylation is 1. The van der Waals surface area contributed by atoms with Crippen LogP contribution >= 0.6 is 0 Å². The molecule has 5 heteroatoms. The van der Waals surface area contributed by atoms with Crippen molar-refractivity contribution in [2.24, 2.45) is 0 Å². The highest BCUT2D eigenvalue weighted by molar-refractivity contribution is 6.06. The van der Waals surface area contributed by atoms with E-state index in [1.807, 2.05) is 36.4 Å². The van der Waals surface area contributed by atoms with Gasteiger partial charge >= 0.3 is 0 Å². The van der Waals surface area contributed by atoms with Crippen LogP contribution in [0.3, 0.4) is 0 Å². The van der Waals surface area contributed by atoms with Crippen LogP contribution < -0.4 is 4.90 Å². The Morgan fingerprint density at radius 2 is 1.36 bits per heavy atom. The van der Waals surface area contributed by atoms with Gasteiger partial charge in [-0.15, -0.1) is 0 Å². The number of rotatable bonds is 7. The lowest BCUT2D eigenvalue weighted by Gasteiger charge is -2.28. The van der Waals surface area contributed by atoms with Crippen molar-refractivity contribution in [2.75, 3.05) is 4.90 Å². The molecular formula is C48H37N5. The van der Waals surface area contributed by atoms with Crippen molar-refractivity contribution < 1.29 is 0 Å². The van der Waals surface area contributed by atoms with Crippen molar-refractivity contribution in [2.45, 2.75) is 19.8 Å². The molecular weight excluding hydrogens is 647 g/mol. The van der Waals surface area contributed by atoms with Crippen LogP contribution in [0.25, 0.3) is 68.2 Å². The number of hydrogen-bond donors (Lipinski definition) is 0. The molecule has 0 atom stereocenters. The molecule has 0 unspecified atom stereocenters. The summed E-state index contributed by atoms with van der Waals surface area (Å²) in [6, 6.07) is 40.2. The standard InChI is InChI=1S/C48H37N5/c1-4-33(3)53-42-24-12-11-15-34(42)25-26-35-27-28-43-44(45(35)53)32(2)31-52(43)41-23-14-21-39(30-41)38-20-13-22-40(29-38)48-50-46(36-16-7-5-8-17-36)49-47(51-48)37-18-9-6-10-19-37/h4-5,7-9,11-31H,1,3,6,10H2,2H3. The van der Waals surface area contributed by atoms with Gasteiger partial charge in [0.25, 0.3) is 0 Å². The van der Waals surface area contributed by atoms with Crippen molar-refractivity contribution in [3.63, 3.8) is 0 Å². The Kier molecular flexibility index (Phi) is 8.09. The number of benzene rings is 5. The minimum atomic E-state index is 0.653. The van der Waals surface area contributed by atoms with Gasteiger partial charge in [0.1, 0.15) is 0 Å². The van der Waals surface area contributed by atoms with Crippen LogP contribution in [-0.2, 0) is 0 Å². The van der Waals surface area contributed by atoms with E-state index in [1.165, 1.54) is 10.9 Å². The molecule has 2 aliphatic rings. The Labute approximate surface area is 310 Å². The third kappa shape index (κ3) is 5.82. The first-order valence-corrected chi connectivity index (χ1v) is 18.0. The molecule has 53 heavy (non-hydrogen) atoms. The van der Waals surface area contributed by atoms with Crippen LogP contribution in [0.1, 0.15) is 35.4 Å². The topological polar surface area (TPSA) is 46.8 Å². The zero-order valence-corrected chi connectivity index (χ0v) is 29.6. The Bertz CT molecular complexity index is 2670. The fourth-order valence-electron chi connectivity index (χ4n) is 7.43. The molecule has 254 valence electrons. The number of anilines is 2. The molecule has 0 saturated heterocycles. The van der Waals surface area contributed by atoms with Crippen molar-refractivity contribution in [3.05, 3.63) is 187 Å². The van der Waals surface area contributed by atoms with Gasteiger partial charge in [-0.1, -0.05) is 128 Å². The largest absolute Gasteiger partial charge is 0.316 e. The zero-order valence-electron chi connectivity index (χ0n) is 29.6. The van der Waals surface area contributed by atoms with Crippen LogP contribution in [0.5, 0.6) is 0 Å². The first-order chi connectivity index (χ1) is 26.1. The molecule has 5 nitrogen and oxygen atoms in total. The van der Waals surface area contributed by atoms with Crippen LogP contribution in [0.15, 0.2) is 165 Å². The first kappa shape index (κ1) is 32.1. The van der Waals surface area contributed by atoms with Gasteiger partial charge in [0.15, 0.2) is 17.5 Å². The highest BCUT2D eigenvalue weighted by Crippen LogP contribution is 2.45. The lowest BCUT2D eigenvalue weighted by Crippen LogP contribution is -2.16. The highest BCUT2D eigenvalue weighted by atomic mass is 15.2. The average molecular weight is 684 g/mol. The summed E-state index contributed by atoms with van der Waals surface area (Å²) in [6.07, 6.45) is 17.0. The monoisotopic (exact) mass is 683 g/mol. The van der Waals surface area contributed by atoms with Crippen molar-refractivity contribution in [1.29, 1.82) is 0 Å². The first-order valence-electron chi connectivity index (χ1n) is 18.0. The minimum Gasteiger partial charge on any atom is -0.316 e. The summed E-state index contributed by atoms with van der Waals surface area (Å²) in [5.41, 5.74) is 13.8. The number of hydrogen-bond acceptors (Lipinski definition) is 4. The van der Waals surface area contributed by atoms with Crippen molar-refractivity contribution in [3.8, 4) is 39.6 Å².